The molecule has 1 amide bonds. The first kappa shape index (κ1) is 22.7. The van der Waals surface area contributed by atoms with Crippen molar-refractivity contribution in [3.8, 4) is 5.82 Å². The SMILES string of the molecule is Cc1cc(C(F)(F)F)nn1CC(=O)Nc1cnc(-n2cnc([C@H]3NCCC3(F)F)n2)c(F)c1. The number of amides is 1. The molecule has 1 saturated heterocycles. The first-order valence-corrected chi connectivity index (χ1v) is 9.54. The maximum absolute atomic E-state index is 14.5. The van der Waals surface area contributed by atoms with Crippen molar-refractivity contribution < 1.29 is 31.1 Å². The molecule has 3 aromatic rings. The molecular weight excluding hydrogens is 458 g/mol. The summed E-state index contributed by atoms with van der Waals surface area (Å²) in [6.45, 7) is 0.901. The van der Waals surface area contributed by atoms with E-state index in [0.29, 0.717) is 0 Å². The highest BCUT2D eigenvalue weighted by Crippen LogP contribution is 2.36. The van der Waals surface area contributed by atoms with Crippen LogP contribution in [0.5, 0.6) is 0 Å². The molecule has 0 radical (unpaired) electrons. The minimum Gasteiger partial charge on any atom is -0.323 e. The highest BCUT2D eigenvalue weighted by molar-refractivity contribution is 5.90. The number of pyridine rings is 1. The highest BCUT2D eigenvalue weighted by Gasteiger charge is 2.47. The summed E-state index contributed by atoms with van der Waals surface area (Å²) in [4.78, 5) is 19.8. The van der Waals surface area contributed by atoms with Gasteiger partial charge in [-0.05, 0) is 13.0 Å². The molecule has 1 aliphatic heterocycles. The zero-order valence-corrected chi connectivity index (χ0v) is 16.9. The van der Waals surface area contributed by atoms with E-state index < -0.39 is 42.1 Å². The summed E-state index contributed by atoms with van der Waals surface area (Å²) in [5.41, 5.74) is -1.10. The number of hydrogen-bond donors (Lipinski definition) is 2. The van der Waals surface area contributed by atoms with Crippen LogP contribution in [-0.4, -0.2) is 47.9 Å². The molecule has 1 atom stereocenters. The third kappa shape index (κ3) is 4.67. The van der Waals surface area contributed by atoms with E-state index >= 15 is 0 Å². The maximum atomic E-state index is 14.5. The molecule has 0 bridgehead atoms. The summed E-state index contributed by atoms with van der Waals surface area (Å²) in [6, 6.07) is 0.303. The Bertz CT molecular complexity index is 1190. The molecule has 15 heteroatoms. The van der Waals surface area contributed by atoms with Crippen molar-refractivity contribution in [2.45, 2.75) is 38.0 Å². The lowest BCUT2D eigenvalue weighted by atomic mass is 10.1. The Morgan fingerprint density at radius 3 is 2.64 bits per heavy atom. The lowest BCUT2D eigenvalue weighted by Gasteiger charge is -2.15. The van der Waals surface area contributed by atoms with Crippen LogP contribution in [0.3, 0.4) is 0 Å². The largest absolute Gasteiger partial charge is 0.435 e. The van der Waals surface area contributed by atoms with E-state index in [0.717, 1.165) is 34.0 Å². The smallest absolute Gasteiger partial charge is 0.323 e. The number of carbonyl (C=O) groups is 1. The third-order valence-corrected chi connectivity index (χ3v) is 4.88. The second-order valence-electron chi connectivity index (χ2n) is 7.35. The lowest BCUT2D eigenvalue weighted by Crippen LogP contribution is -2.27. The van der Waals surface area contributed by atoms with Crippen molar-refractivity contribution in [1.82, 2.24) is 34.8 Å². The van der Waals surface area contributed by atoms with Crippen LogP contribution >= 0.6 is 0 Å². The van der Waals surface area contributed by atoms with Crippen molar-refractivity contribution in [3.63, 3.8) is 0 Å². The lowest BCUT2D eigenvalue weighted by molar-refractivity contribution is -0.141. The number of carbonyl (C=O) groups excluding carboxylic acids is 1. The third-order valence-electron chi connectivity index (χ3n) is 4.88. The van der Waals surface area contributed by atoms with Gasteiger partial charge in [0.15, 0.2) is 23.2 Å². The van der Waals surface area contributed by atoms with Gasteiger partial charge in [-0.1, -0.05) is 0 Å². The highest BCUT2D eigenvalue weighted by atomic mass is 19.4. The molecule has 176 valence electrons. The van der Waals surface area contributed by atoms with E-state index in [-0.39, 0.29) is 36.0 Å². The molecule has 33 heavy (non-hydrogen) atoms. The van der Waals surface area contributed by atoms with Gasteiger partial charge in [-0.15, -0.1) is 5.10 Å². The van der Waals surface area contributed by atoms with Crippen LogP contribution in [0.4, 0.5) is 32.0 Å². The Labute approximate surface area is 181 Å². The number of halogens is 6. The van der Waals surface area contributed by atoms with Crippen LogP contribution < -0.4 is 10.6 Å². The van der Waals surface area contributed by atoms with Gasteiger partial charge in [-0.25, -0.2) is 23.1 Å². The molecule has 1 fully saturated rings. The number of anilines is 1. The predicted octanol–water partition coefficient (Wildman–Crippen LogP) is 2.63. The Morgan fingerprint density at radius 1 is 1.27 bits per heavy atom. The van der Waals surface area contributed by atoms with Crippen LogP contribution in [0.2, 0.25) is 0 Å². The number of nitrogens with one attached hydrogen (secondary N) is 2. The molecule has 0 spiro atoms. The second kappa shape index (κ2) is 8.13. The molecule has 0 saturated carbocycles. The van der Waals surface area contributed by atoms with E-state index in [9.17, 15) is 31.1 Å². The molecular formula is C18H16F6N8O. The monoisotopic (exact) mass is 474 g/mol. The van der Waals surface area contributed by atoms with E-state index in [1.54, 1.807) is 0 Å². The van der Waals surface area contributed by atoms with Crippen LogP contribution in [0, 0.1) is 12.7 Å². The molecule has 1 aliphatic rings. The van der Waals surface area contributed by atoms with Crippen LogP contribution in [0.25, 0.3) is 5.82 Å². The number of aryl methyl sites for hydroxylation is 1. The first-order valence-electron chi connectivity index (χ1n) is 9.54. The predicted molar refractivity (Wildman–Crippen MR) is 100 cm³/mol. The average Bonchev–Trinajstić information content (AvgIpc) is 3.40. The Morgan fingerprint density at radius 2 is 2.03 bits per heavy atom. The van der Waals surface area contributed by atoms with Gasteiger partial charge in [0.2, 0.25) is 5.91 Å². The molecule has 3 aromatic heterocycles. The van der Waals surface area contributed by atoms with Gasteiger partial charge < -0.3 is 10.6 Å². The molecule has 9 nitrogen and oxygen atoms in total. The molecule has 0 aromatic carbocycles. The Hall–Kier alpha value is -3.49. The van der Waals surface area contributed by atoms with Crippen molar-refractivity contribution in [1.29, 1.82) is 0 Å². The van der Waals surface area contributed by atoms with Crippen molar-refractivity contribution in [2.75, 3.05) is 11.9 Å². The summed E-state index contributed by atoms with van der Waals surface area (Å²) < 4.78 is 82.2. The summed E-state index contributed by atoms with van der Waals surface area (Å²) in [5, 5.41) is 12.1. The molecule has 4 heterocycles. The van der Waals surface area contributed by atoms with E-state index in [2.05, 4.69) is 30.8 Å². The summed E-state index contributed by atoms with van der Waals surface area (Å²) >= 11 is 0. The summed E-state index contributed by atoms with van der Waals surface area (Å²) in [5.74, 6) is -5.30. The number of aromatic nitrogens is 6. The van der Waals surface area contributed by atoms with E-state index in [4.69, 9.17) is 0 Å². The van der Waals surface area contributed by atoms with Gasteiger partial charge in [0.05, 0.1) is 11.9 Å². The van der Waals surface area contributed by atoms with Gasteiger partial charge in [0, 0.05) is 24.7 Å². The van der Waals surface area contributed by atoms with E-state index in [1.807, 2.05) is 0 Å². The summed E-state index contributed by atoms with van der Waals surface area (Å²) in [6.07, 6.45) is -2.91. The van der Waals surface area contributed by atoms with Gasteiger partial charge >= 0.3 is 6.18 Å². The summed E-state index contributed by atoms with van der Waals surface area (Å²) in [7, 11) is 0. The zero-order chi connectivity index (χ0) is 24.0. The molecule has 2 N–H and O–H groups in total. The fourth-order valence-electron chi connectivity index (χ4n) is 3.28. The molecule has 4 rings (SSSR count). The molecule has 0 unspecified atom stereocenters. The number of hydrogen-bond acceptors (Lipinski definition) is 6. The topological polar surface area (TPSA) is 103 Å². The normalized spacial score (nSPS) is 18.0. The van der Waals surface area contributed by atoms with Crippen molar-refractivity contribution in [2.24, 2.45) is 0 Å². The standard InChI is InChI=1S/C18H16F6N8O/c1-9-4-12(18(22,23)24)29-31(9)7-13(33)28-10-5-11(19)16(26-6-10)32-8-27-15(30-32)14-17(20,21)2-3-25-14/h4-6,8,14,25H,2-3,7H2,1H3,(H,28,33)/t14-/m1/s1. The Balaban J connectivity index is 1.45. The van der Waals surface area contributed by atoms with Gasteiger partial charge in [-0.2, -0.15) is 23.0 Å². The molecule has 0 aliphatic carbocycles. The maximum Gasteiger partial charge on any atom is 0.435 e. The fourth-order valence-corrected chi connectivity index (χ4v) is 3.28. The minimum atomic E-state index is -4.65. The second-order valence-corrected chi connectivity index (χ2v) is 7.35. The number of alkyl halides is 5. The minimum absolute atomic E-state index is 0.0774. The van der Waals surface area contributed by atoms with Crippen LogP contribution in [0.1, 0.15) is 29.7 Å². The van der Waals surface area contributed by atoms with Gasteiger partial charge in [-0.3, -0.25) is 9.48 Å². The number of rotatable bonds is 5. The fraction of sp³-hybridized carbons (Fsp3) is 0.389. The van der Waals surface area contributed by atoms with Crippen LogP contribution in [0.15, 0.2) is 24.7 Å². The van der Waals surface area contributed by atoms with Crippen molar-refractivity contribution >= 4 is 11.6 Å². The number of nitrogens with zero attached hydrogens (tertiary/aromatic N) is 6. The van der Waals surface area contributed by atoms with Crippen molar-refractivity contribution in [3.05, 3.63) is 47.7 Å². The zero-order valence-electron chi connectivity index (χ0n) is 16.9. The average molecular weight is 474 g/mol. The first-order chi connectivity index (χ1) is 15.4. The van der Waals surface area contributed by atoms with Crippen LogP contribution in [-0.2, 0) is 17.5 Å². The van der Waals surface area contributed by atoms with Gasteiger partial charge in [0.1, 0.15) is 18.9 Å². The van der Waals surface area contributed by atoms with E-state index in [1.165, 1.54) is 6.92 Å². The van der Waals surface area contributed by atoms with Gasteiger partial charge in [0.25, 0.3) is 5.92 Å². The quantitative estimate of drug-likeness (QED) is 0.552. The Kier molecular flexibility index (Phi) is 5.59.